The summed E-state index contributed by atoms with van der Waals surface area (Å²) in [5.74, 6) is 0. The lowest BCUT2D eigenvalue weighted by Crippen LogP contribution is -2.28. The van der Waals surface area contributed by atoms with E-state index in [2.05, 4.69) is 290 Å². The molecule has 0 amide bonds. The van der Waals surface area contributed by atoms with Gasteiger partial charge in [0.1, 0.15) is 0 Å². The molecule has 1 nitrogen and oxygen atoms in total. The zero-order valence-electron chi connectivity index (χ0n) is 40.1. The molecule has 73 heavy (non-hydrogen) atoms. The van der Waals surface area contributed by atoms with Gasteiger partial charge in [-0.25, -0.2) is 0 Å². The summed E-state index contributed by atoms with van der Waals surface area (Å²) in [6, 6.07) is 107. The van der Waals surface area contributed by atoms with Crippen LogP contribution in [0.2, 0.25) is 0 Å². The largest absolute Gasteiger partial charge is 0.310 e. The Kier molecular flexibility index (Phi) is 9.16. The fourth-order valence-electron chi connectivity index (χ4n) is 13.3. The molecule has 0 unspecified atom stereocenters. The molecule has 3 aliphatic carbocycles. The van der Waals surface area contributed by atoms with Crippen molar-refractivity contribution in [1.82, 2.24) is 0 Å². The summed E-state index contributed by atoms with van der Waals surface area (Å²) in [5.41, 5.74) is 25.2. The van der Waals surface area contributed by atoms with E-state index in [0.717, 1.165) is 17.1 Å². The maximum Gasteiger partial charge on any atom is 0.0726 e. The number of hydrogen-bond donors (Lipinski definition) is 0. The highest BCUT2D eigenvalue weighted by Crippen LogP contribution is 2.65. The zero-order chi connectivity index (χ0) is 48.1. The summed E-state index contributed by atoms with van der Waals surface area (Å²) in [6.45, 7) is 0. The zero-order valence-corrected chi connectivity index (χ0v) is 40.1. The lowest BCUT2D eigenvalue weighted by molar-refractivity contribution is 0.768. The Hall–Kier alpha value is -9.30. The predicted molar refractivity (Wildman–Crippen MR) is 303 cm³/mol. The highest BCUT2D eigenvalue weighted by Gasteiger charge is 2.52. The molecule has 1 spiro atoms. The highest BCUT2D eigenvalue weighted by atomic mass is 15.1. The van der Waals surface area contributed by atoms with E-state index >= 15 is 0 Å². The van der Waals surface area contributed by atoms with Crippen LogP contribution in [0.5, 0.6) is 0 Å². The Balaban J connectivity index is 0.948. The minimum absolute atomic E-state index is 0.473. The molecule has 0 bridgehead atoms. The third-order valence-corrected chi connectivity index (χ3v) is 16.4. The van der Waals surface area contributed by atoms with Gasteiger partial charge in [-0.15, -0.1) is 0 Å². The maximum atomic E-state index is 2.54. The van der Waals surface area contributed by atoms with Crippen molar-refractivity contribution >= 4 is 27.8 Å². The molecule has 0 atom stereocenters. The molecule has 0 saturated carbocycles. The molecule has 0 fully saturated rings. The van der Waals surface area contributed by atoms with Crippen molar-refractivity contribution in [1.29, 1.82) is 0 Å². The van der Waals surface area contributed by atoms with E-state index in [1.54, 1.807) is 0 Å². The second kappa shape index (κ2) is 16.1. The molecule has 3 aliphatic rings. The standard InChI is InChI=1S/C72H47N/c1-3-20-54(21-4-1)71(55-22-5-2-6-23-55)63-28-13-9-26-60(63)61-45-44-57(47-68(61)71)73(56-42-40-50(41-43-56)49-34-36-51(37-35-49)53-39-38-48-18-7-8-19-52(48)46-53)69-33-17-32-67-70(69)62-27-12-16-31-66(62)72(67)64-29-14-10-24-58(64)59-25-11-15-30-65(59)72/h1-47H. The fourth-order valence-corrected chi connectivity index (χ4v) is 13.3. The van der Waals surface area contributed by atoms with Gasteiger partial charge in [0.2, 0.25) is 0 Å². The first-order chi connectivity index (χ1) is 36.2. The Bertz CT molecular complexity index is 4040. The van der Waals surface area contributed by atoms with Crippen LogP contribution in [0.25, 0.3) is 66.4 Å². The predicted octanol–water partition coefficient (Wildman–Crippen LogP) is 18.4. The van der Waals surface area contributed by atoms with Gasteiger partial charge in [0.05, 0.1) is 16.5 Å². The third-order valence-electron chi connectivity index (χ3n) is 16.4. The lowest BCUT2D eigenvalue weighted by Gasteiger charge is -2.35. The van der Waals surface area contributed by atoms with Crippen molar-refractivity contribution in [3.05, 3.63) is 330 Å². The Morgan fingerprint density at radius 3 is 1.26 bits per heavy atom. The van der Waals surface area contributed by atoms with Crippen molar-refractivity contribution in [3.8, 4) is 55.6 Å². The summed E-state index contributed by atoms with van der Waals surface area (Å²) in [4.78, 5) is 2.54. The van der Waals surface area contributed by atoms with Crippen LogP contribution in [0, 0.1) is 0 Å². The minimum Gasteiger partial charge on any atom is -0.310 e. The van der Waals surface area contributed by atoms with E-state index in [4.69, 9.17) is 0 Å². The first-order valence-electron chi connectivity index (χ1n) is 25.5. The molecule has 1 heteroatoms. The molecule has 15 rings (SSSR count). The average Bonchev–Trinajstić information content (AvgIpc) is 4.10. The number of rotatable bonds is 7. The van der Waals surface area contributed by atoms with E-state index in [1.165, 1.54) is 111 Å². The molecule has 0 aromatic heterocycles. The van der Waals surface area contributed by atoms with Gasteiger partial charge in [0.25, 0.3) is 0 Å². The van der Waals surface area contributed by atoms with Gasteiger partial charge in [-0.05, 0) is 142 Å². The summed E-state index contributed by atoms with van der Waals surface area (Å²) < 4.78 is 0. The second-order valence-electron chi connectivity index (χ2n) is 19.9. The van der Waals surface area contributed by atoms with E-state index < -0.39 is 10.8 Å². The fraction of sp³-hybridized carbons (Fsp3) is 0.0278. The summed E-state index contributed by atoms with van der Waals surface area (Å²) in [5, 5.41) is 2.51. The topological polar surface area (TPSA) is 3.24 Å². The Morgan fingerprint density at radius 2 is 0.658 bits per heavy atom. The molecule has 0 N–H and O–H groups in total. The molecule has 12 aromatic carbocycles. The van der Waals surface area contributed by atoms with Crippen LogP contribution in [0.15, 0.2) is 285 Å². The van der Waals surface area contributed by atoms with Crippen LogP contribution < -0.4 is 4.90 Å². The van der Waals surface area contributed by atoms with Crippen molar-refractivity contribution in [2.75, 3.05) is 4.90 Å². The van der Waals surface area contributed by atoms with E-state index in [9.17, 15) is 0 Å². The van der Waals surface area contributed by atoms with Gasteiger partial charge in [-0.3, -0.25) is 0 Å². The third kappa shape index (κ3) is 5.91. The quantitative estimate of drug-likeness (QED) is 0.154. The first kappa shape index (κ1) is 41.5. The van der Waals surface area contributed by atoms with Gasteiger partial charge in [0, 0.05) is 16.9 Å². The van der Waals surface area contributed by atoms with Gasteiger partial charge in [-0.2, -0.15) is 0 Å². The second-order valence-corrected chi connectivity index (χ2v) is 19.9. The number of anilines is 3. The molecule has 0 saturated heterocycles. The summed E-state index contributed by atoms with van der Waals surface area (Å²) >= 11 is 0. The minimum atomic E-state index is -0.550. The molecular formula is C72H47N. The number of benzene rings is 12. The first-order valence-corrected chi connectivity index (χ1v) is 25.5. The van der Waals surface area contributed by atoms with Crippen LogP contribution in [0.1, 0.15) is 44.5 Å². The molecule has 0 aliphatic heterocycles. The smallest absolute Gasteiger partial charge is 0.0726 e. The van der Waals surface area contributed by atoms with Crippen molar-refractivity contribution in [2.45, 2.75) is 10.8 Å². The highest BCUT2D eigenvalue weighted by molar-refractivity contribution is 6.02. The normalized spacial score (nSPS) is 13.7. The molecule has 0 radical (unpaired) electrons. The molecule has 340 valence electrons. The van der Waals surface area contributed by atoms with Gasteiger partial charge < -0.3 is 4.90 Å². The van der Waals surface area contributed by atoms with Crippen LogP contribution in [0.4, 0.5) is 17.1 Å². The van der Waals surface area contributed by atoms with Crippen LogP contribution in [-0.2, 0) is 10.8 Å². The summed E-state index contributed by atoms with van der Waals surface area (Å²) in [7, 11) is 0. The van der Waals surface area contributed by atoms with Gasteiger partial charge in [-0.1, -0.05) is 249 Å². The van der Waals surface area contributed by atoms with E-state index in [0.29, 0.717) is 0 Å². The number of hydrogen-bond acceptors (Lipinski definition) is 1. The van der Waals surface area contributed by atoms with Gasteiger partial charge in [0.15, 0.2) is 0 Å². The Morgan fingerprint density at radius 1 is 0.233 bits per heavy atom. The SMILES string of the molecule is c1ccc(C2(c3ccccc3)c3ccccc3-c3ccc(N(c4ccc(-c5ccc(-c6ccc7ccccc7c6)cc5)cc4)c4cccc5c4-c4ccccc4C54c5ccccc5-c5ccccc54)cc32)cc1. The van der Waals surface area contributed by atoms with Crippen molar-refractivity contribution < 1.29 is 0 Å². The van der Waals surface area contributed by atoms with E-state index in [1.807, 2.05) is 0 Å². The Labute approximate surface area is 426 Å². The summed E-state index contributed by atoms with van der Waals surface area (Å²) in [6.07, 6.45) is 0. The average molecular weight is 926 g/mol. The maximum absolute atomic E-state index is 2.54. The van der Waals surface area contributed by atoms with Crippen LogP contribution >= 0.6 is 0 Å². The van der Waals surface area contributed by atoms with Crippen molar-refractivity contribution in [2.24, 2.45) is 0 Å². The number of fused-ring (bicyclic) bond motifs is 14. The molecular weight excluding hydrogens is 879 g/mol. The lowest BCUT2D eigenvalue weighted by atomic mass is 9.67. The monoisotopic (exact) mass is 925 g/mol. The molecule has 12 aromatic rings. The van der Waals surface area contributed by atoms with Gasteiger partial charge >= 0.3 is 0 Å². The number of nitrogens with zero attached hydrogens (tertiary/aromatic N) is 1. The molecule has 0 heterocycles. The van der Waals surface area contributed by atoms with Crippen LogP contribution in [0.3, 0.4) is 0 Å². The van der Waals surface area contributed by atoms with Crippen LogP contribution in [-0.4, -0.2) is 0 Å². The van der Waals surface area contributed by atoms with E-state index in [-0.39, 0.29) is 0 Å². The van der Waals surface area contributed by atoms with Crippen molar-refractivity contribution in [3.63, 3.8) is 0 Å².